The summed E-state index contributed by atoms with van der Waals surface area (Å²) >= 11 is 0. The highest BCUT2D eigenvalue weighted by atomic mass is 15.3. The van der Waals surface area contributed by atoms with Gasteiger partial charge >= 0.3 is 0 Å². The number of rotatable bonds is 9. The normalized spacial score (nSPS) is 15.9. The highest BCUT2D eigenvalue weighted by Gasteiger charge is 2.24. The number of hydrogen-bond donors (Lipinski definition) is 2. The van der Waals surface area contributed by atoms with Crippen LogP contribution in [0.2, 0.25) is 0 Å². The lowest BCUT2D eigenvalue weighted by molar-refractivity contribution is 0.200. The standard InChI is InChI=1S/C42H44N12/c1-28(36-12-7-8-20-44-36)46-39(49-43)33-17-23-53(24-18-33)27-30-13-15-32(16-14-30)38-34(31-10-5-4-6-11-31)26-35-37(48-38)19-25-54-40(50-51-41(35)54)29(2)47-42-45-21-9-22-52(42)3/h4-16,19-22,25-26,28-29,33H,17-18,23-24,27,43H2,1-3H3,(H,46,49). The second kappa shape index (κ2) is 15.5. The summed E-state index contributed by atoms with van der Waals surface area (Å²) in [5.41, 5.74) is 11.4. The topological polar surface area (TPSA) is 140 Å². The molecule has 0 saturated carbocycles. The van der Waals surface area contributed by atoms with E-state index in [1.54, 1.807) is 12.4 Å². The quantitative estimate of drug-likeness (QED) is 0.0775. The van der Waals surface area contributed by atoms with Gasteiger partial charge in [-0.2, -0.15) is 0 Å². The van der Waals surface area contributed by atoms with Gasteiger partial charge in [0.15, 0.2) is 11.5 Å². The number of nitrogens with zero attached hydrogens (tertiary/aromatic N) is 10. The van der Waals surface area contributed by atoms with Gasteiger partial charge in [0.1, 0.15) is 11.9 Å². The first kappa shape index (κ1) is 34.9. The van der Waals surface area contributed by atoms with Crippen LogP contribution >= 0.6 is 0 Å². The van der Waals surface area contributed by atoms with Gasteiger partial charge in [0.2, 0.25) is 5.62 Å². The van der Waals surface area contributed by atoms with E-state index < -0.39 is 0 Å². The average Bonchev–Trinajstić information content (AvgIpc) is 3.67. The van der Waals surface area contributed by atoms with Crippen molar-refractivity contribution in [1.29, 1.82) is 0 Å². The van der Waals surface area contributed by atoms with Crippen molar-refractivity contribution in [3.63, 3.8) is 0 Å². The smallest absolute Gasteiger partial charge is 0.225 e. The lowest BCUT2D eigenvalue weighted by Crippen LogP contribution is -2.42. The Bertz CT molecular complexity index is 2460. The van der Waals surface area contributed by atoms with Crippen molar-refractivity contribution in [2.45, 2.75) is 45.3 Å². The Kier molecular flexibility index (Phi) is 10.0. The largest absolute Gasteiger partial charge is 0.320 e. The fourth-order valence-corrected chi connectivity index (χ4v) is 7.30. The molecule has 0 spiro atoms. The number of aliphatic imine (C=N–C) groups is 1. The SMILES string of the molecule is CC(N=C(NN)C1CCN(Cc2ccc(-c3nc4ccn5c(C(C)N=c6ncccn6C)nnc5c4cc3-c3ccccc3)cc2)CC1)c1ccccn1. The van der Waals surface area contributed by atoms with Crippen LogP contribution in [-0.4, -0.2) is 57.9 Å². The maximum absolute atomic E-state index is 5.96. The summed E-state index contributed by atoms with van der Waals surface area (Å²) in [5.74, 6) is 7.86. The lowest BCUT2D eigenvalue weighted by atomic mass is 9.94. The predicted octanol–water partition coefficient (Wildman–Crippen LogP) is 6.24. The molecule has 1 aliphatic rings. The summed E-state index contributed by atoms with van der Waals surface area (Å²) in [6.07, 6.45) is 9.45. The number of aromatic nitrogens is 7. The first-order valence-electron chi connectivity index (χ1n) is 18.5. The molecule has 2 atom stereocenters. The Hall–Kier alpha value is -6.11. The molecule has 3 N–H and O–H groups in total. The molecule has 1 aliphatic heterocycles. The molecule has 0 radical (unpaired) electrons. The Balaban J connectivity index is 1.03. The molecule has 2 unspecified atom stereocenters. The number of benzene rings is 2. The van der Waals surface area contributed by atoms with Gasteiger partial charge in [-0.1, -0.05) is 60.7 Å². The molecule has 8 rings (SSSR count). The number of amidine groups is 1. The summed E-state index contributed by atoms with van der Waals surface area (Å²) in [6.45, 7) is 6.90. The predicted molar refractivity (Wildman–Crippen MR) is 212 cm³/mol. The third kappa shape index (κ3) is 7.26. The van der Waals surface area contributed by atoms with E-state index in [4.69, 9.17) is 20.8 Å². The highest BCUT2D eigenvalue weighted by Crippen LogP contribution is 2.35. The minimum Gasteiger partial charge on any atom is -0.320 e. The maximum Gasteiger partial charge on any atom is 0.225 e. The first-order valence-corrected chi connectivity index (χ1v) is 18.5. The number of likely N-dealkylation sites (tertiary alicyclic amines) is 1. The van der Waals surface area contributed by atoms with Crippen LogP contribution in [0, 0.1) is 5.92 Å². The fourth-order valence-electron chi connectivity index (χ4n) is 7.30. The minimum absolute atomic E-state index is 0.0538. The molecular formula is C42H44N12. The molecule has 0 bridgehead atoms. The molecule has 2 aromatic carbocycles. The molecule has 12 heteroatoms. The number of aryl methyl sites for hydroxylation is 1. The Labute approximate surface area is 314 Å². The molecule has 54 heavy (non-hydrogen) atoms. The Morgan fingerprint density at radius 3 is 2.37 bits per heavy atom. The van der Waals surface area contributed by atoms with Crippen LogP contribution in [0.1, 0.15) is 55.9 Å². The zero-order valence-corrected chi connectivity index (χ0v) is 30.8. The van der Waals surface area contributed by atoms with Gasteiger partial charge in [0.05, 0.1) is 22.9 Å². The van der Waals surface area contributed by atoms with Crippen LogP contribution < -0.4 is 16.9 Å². The van der Waals surface area contributed by atoms with E-state index in [0.29, 0.717) is 11.5 Å². The van der Waals surface area contributed by atoms with E-state index in [9.17, 15) is 0 Å². The second-order valence-electron chi connectivity index (χ2n) is 13.9. The summed E-state index contributed by atoms with van der Waals surface area (Å²) in [7, 11) is 1.93. The monoisotopic (exact) mass is 716 g/mol. The van der Waals surface area contributed by atoms with Gasteiger partial charge in [-0.15, -0.1) is 10.2 Å². The number of fused-ring (bicyclic) bond motifs is 3. The Morgan fingerprint density at radius 2 is 1.63 bits per heavy atom. The van der Waals surface area contributed by atoms with Gasteiger partial charge < -0.3 is 9.99 Å². The Morgan fingerprint density at radius 1 is 0.852 bits per heavy atom. The van der Waals surface area contributed by atoms with E-state index in [1.165, 1.54) is 5.56 Å². The summed E-state index contributed by atoms with van der Waals surface area (Å²) < 4.78 is 3.90. The molecule has 272 valence electrons. The van der Waals surface area contributed by atoms with Gasteiger partial charge in [-0.05, 0) is 81.2 Å². The zero-order valence-electron chi connectivity index (χ0n) is 30.8. The highest BCUT2D eigenvalue weighted by molar-refractivity contribution is 5.98. The molecule has 5 aromatic heterocycles. The minimum atomic E-state index is -0.259. The van der Waals surface area contributed by atoms with Crippen molar-refractivity contribution < 1.29 is 0 Å². The summed E-state index contributed by atoms with van der Waals surface area (Å²) in [5, 5.41) is 10.2. The van der Waals surface area contributed by atoms with Crippen LogP contribution in [0.5, 0.6) is 0 Å². The van der Waals surface area contributed by atoms with Crippen molar-refractivity contribution in [3.8, 4) is 22.4 Å². The third-order valence-corrected chi connectivity index (χ3v) is 10.3. The number of hydrogen-bond acceptors (Lipinski definition) is 9. The van der Waals surface area contributed by atoms with Crippen molar-refractivity contribution in [2.24, 2.45) is 28.8 Å². The number of hydrazine groups is 1. The van der Waals surface area contributed by atoms with E-state index in [2.05, 4.69) is 92.0 Å². The first-order chi connectivity index (χ1) is 26.4. The van der Waals surface area contributed by atoms with E-state index in [1.807, 2.05) is 71.7 Å². The molecule has 1 saturated heterocycles. The van der Waals surface area contributed by atoms with E-state index >= 15 is 0 Å². The maximum atomic E-state index is 5.96. The molecule has 12 nitrogen and oxygen atoms in total. The molecular weight excluding hydrogens is 673 g/mol. The summed E-state index contributed by atoms with van der Waals surface area (Å²) in [6, 6.07) is 31.0. The van der Waals surface area contributed by atoms with Gasteiger partial charge in [0, 0.05) is 60.8 Å². The number of nitrogens with one attached hydrogen (secondary N) is 1. The molecule has 0 amide bonds. The van der Waals surface area contributed by atoms with Crippen molar-refractivity contribution in [1.82, 2.24) is 44.4 Å². The molecule has 1 fully saturated rings. The molecule has 6 heterocycles. The fraction of sp³-hybridized carbons (Fsp3) is 0.262. The number of piperidine rings is 1. The van der Waals surface area contributed by atoms with Crippen LogP contribution in [-0.2, 0) is 13.6 Å². The van der Waals surface area contributed by atoms with E-state index in [-0.39, 0.29) is 12.1 Å². The number of nitrogens with two attached hydrogens (primary N) is 1. The van der Waals surface area contributed by atoms with Crippen LogP contribution in [0.3, 0.4) is 0 Å². The van der Waals surface area contributed by atoms with Crippen LogP contribution in [0.4, 0.5) is 0 Å². The van der Waals surface area contributed by atoms with Crippen LogP contribution in [0.25, 0.3) is 38.9 Å². The molecule has 7 aromatic rings. The summed E-state index contributed by atoms with van der Waals surface area (Å²) in [4.78, 5) is 26.4. The molecule has 0 aliphatic carbocycles. The lowest BCUT2D eigenvalue weighted by Gasteiger charge is -2.32. The van der Waals surface area contributed by atoms with Gasteiger partial charge in [0.25, 0.3) is 0 Å². The number of pyridine rings is 3. The average molecular weight is 717 g/mol. The van der Waals surface area contributed by atoms with Gasteiger partial charge in [-0.3, -0.25) is 19.3 Å². The van der Waals surface area contributed by atoms with Crippen LogP contribution in [0.15, 0.2) is 126 Å². The zero-order chi connectivity index (χ0) is 37.0. The second-order valence-corrected chi connectivity index (χ2v) is 13.9. The van der Waals surface area contributed by atoms with Crippen molar-refractivity contribution in [3.05, 3.63) is 138 Å². The van der Waals surface area contributed by atoms with Crippen molar-refractivity contribution >= 4 is 22.4 Å². The van der Waals surface area contributed by atoms with Crippen molar-refractivity contribution in [2.75, 3.05) is 13.1 Å². The third-order valence-electron chi connectivity index (χ3n) is 10.3. The van der Waals surface area contributed by atoms with E-state index in [0.717, 1.165) is 88.8 Å². The van der Waals surface area contributed by atoms with Gasteiger partial charge in [-0.25, -0.2) is 20.8 Å².